The van der Waals surface area contributed by atoms with Crippen LogP contribution in [0.5, 0.6) is 5.75 Å². The summed E-state index contributed by atoms with van der Waals surface area (Å²) in [5, 5.41) is 0. The quantitative estimate of drug-likeness (QED) is 0.824. The minimum Gasteiger partial charge on any atom is -0.496 e. The smallest absolute Gasteiger partial charge is 0.121 e. The van der Waals surface area contributed by atoms with E-state index in [0.717, 1.165) is 24.3 Å². The van der Waals surface area contributed by atoms with E-state index in [1.807, 2.05) is 6.07 Å². The largest absolute Gasteiger partial charge is 0.496 e. The average Bonchev–Trinajstić information content (AvgIpc) is 2.30. The van der Waals surface area contributed by atoms with Crippen molar-refractivity contribution in [3.05, 3.63) is 29.3 Å². The fourth-order valence-corrected chi connectivity index (χ4v) is 2.19. The standard InChI is InChI=1S/C14H24N2O/c1-5-8-16(3)13(10-15)12-6-7-14(17-4)11(2)9-12/h6-7,9,13H,5,8,10,15H2,1-4H3. The van der Waals surface area contributed by atoms with Gasteiger partial charge in [0.2, 0.25) is 0 Å². The predicted molar refractivity (Wildman–Crippen MR) is 72.4 cm³/mol. The number of nitrogens with two attached hydrogens (primary N) is 1. The minimum atomic E-state index is 0.291. The summed E-state index contributed by atoms with van der Waals surface area (Å²) in [6.07, 6.45) is 1.14. The topological polar surface area (TPSA) is 38.5 Å². The summed E-state index contributed by atoms with van der Waals surface area (Å²) in [7, 11) is 3.83. The second kappa shape index (κ2) is 6.62. The van der Waals surface area contributed by atoms with Crippen LogP contribution in [0, 0.1) is 6.92 Å². The van der Waals surface area contributed by atoms with Gasteiger partial charge in [-0.1, -0.05) is 19.1 Å². The van der Waals surface area contributed by atoms with Crippen molar-refractivity contribution in [2.24, 2.45) is 5.73 Å². The summed E-state index contributed by atoms with van der Waals surface area (Å²) in [6, 6.07) is 6.59. The molecule has 0 bridgehead atoms. The summed E-state index contributed by atoms with van der Waals surface area (Å²) >= 11 is 0. The first-order valence-corrected chi connectivity index (χ1v) is 6.18. The Morgan fingerprint density at radius 1 is 1.41 bits per heavy atom. The molecule has 3 nitrogen and oxygen atoms in total. The fourth-order valence-electron chi connectivity index (χ4n) is 2.19. The number of nitrogens with zero attached hydrogens (tertiary/aromatic N) is 1. The number of benzene rings is 1. The maximum atomic E-state index is 5.88. The average molecular weight is 236 g/mol. The van der Waals surface area contributed by atoms with Crippen LogP contribution in [0.4, 0.5) is 0 Å². The van der Waals surface area contributed by atoms with Crippen molar-refractivity contribution in [2.75, 3.05) is 27.2 Å². The van der Waals surface area contributed by atoms with Crippen LogP contribution in [0.25, 0.3) is 0 Å². The molecule has 0 saturated carbocycles. The molecule has 2 N–H and O–H groups in total. The van der Waals surface area contributed by atoms with Gasteiger partial charge in [-0.05, 0) is 44.1 Å². The molecule has 1 atom stereocenters. The zero-order valence-electron chi connectivity index (χ0n) is 11.4. The van der Waals surface area contributed by atoms with Gasteiger partial charge in [-0.25, -0.2) is 0 Å². The van der Waals surface area contributed by atoms with E-state index in [-0.39, 0.29) is 0 Å². The molecule has 0 fully saturated rings. The Morgan fingerprint density at radius 3 is 2.59 bits per heavy atom. The maximum absolute atomic E-state index is 5.88. The van der Waals surface area contributed by atoms with E-state index < -0.39 is 0 Å². The van der Waals surface area contributed by atoms with Gasteiger partial charge in [0.15, 0.2) is 0 Å². The lowest BCUT2D eigenvalue weighted by Crippen LogP contribution is -2.31. The fraction of sp³-hybridized carbons (Fsp3) is 0.571. The molecular weight excluding hydrogens is 212 g/mol. The van der Waals surface area contributed by atoms with Crippen LogP contribution in [-0.2, 0) is 0 Å². The molecule has 96 valence electrons. The summed E-state index contributed by atoms with van der Waals surface area (Å²) in [5.41, 5.74) is 8.31. The molecule has 0 spiro atoms. The lowest BCUT2D eigenvalue weighted by atomic mass is 10.0. The molecule has 0 aliphatic carbocycles. The SMILES string of the molecule is CCCN(C)C(CN)c1ccc(OC)c(C)c1. The van der Waals surface area contributed by atoms with Gasteiger partial charge >= 0.3 is 0 Å². The summed E-state index contributed by atoms with van der Waals surface area (Å²) in [6.45, 7) is 5.95. The molecule has 1 rings (SSSR count). The second-order valence-electron chi connectivity index (χ2n) is 4.46. The van der Waals surface area contributed by atoms with E-state index in [0.29, 0.717) is 12.6 Å². The second-order valence-corrected chi connectivity index (χ2v) is 4.46. The summed E-state index contributed by atoms with van der Waals surface area (Å²) < 4.78 is 5.28. The van der Waals surface area contributed by atoms with Crippen molar-refractivity contribution < 1.29 is 4.74 Å². The normalized spacial score (nSPS) is 12.8. The number of rotatable bonds is 6. The molecule has 1 aromatic rings. The van der Waals surface area contributed by atoms with Crippen LogP contribution < -0.4 is 10.5 Å². The molecule has 0 saturated heterocycles. The van der Waals surface area contributed by atoms with Crippen molar-refractivity contribution in [1.82, 2.24) is 4.90 Å². The highest BCUT2D eigenvalue weighted by Gasteiger charge is 2.15. The number of aryl methyl sites for hydroxylation is 1. The first-order valence-electron chi connectivity index (χ1n) is 6.18. The first-order chi connectivity index (χ1) is 8.13. The van der Waals surface area contributed by atoms with Gasteiger partial charge in [0.05, 0.1) is 7.11 Å². The van der Waals surface area contributed by atoms with Gasteiger partial charge in [-0.2, -0.15) is 0 Å². The lowest BCUT2D eigenvalue weighted by Gasteiger charge is -2.27. The Hall–Kier alpha value is -1.06. The van der Waals surface area contributed by atoms with Crippen LogP contribution >= 0.6 is 0 Å². The van der Waals surface area contributed by atoms with Crippen molar-refractivity contribution in [2.45, 2.75) is 26.3 Å². The van der Waals surface area contributed by atoms with Gasteiger partial charge < -0.3 is 10.5 Å². The number of ether oxygens (including phenoxy) is 1. The lowest BCUT2D eigenvalue weighted by molar-refractivity contribution is 0.250. The van der Waals surface area contributed by atoms with Crippen LogP contribution in [0.2, 0.25) is 0 Å². The van der Waals surface area contributed by atoms with Gasteiger partial charge in [0.25, 0.3) is 0 Å². The molecule has 3 heteroatoms. The molecule has 1 unspecified atom stereocenters. The monoisotopic (exact) mass is 236 g/mol. The Kier molecular flexibility index (Phi) is 5.45. The van der Waals surface area contributed by atoms with Crippen molar-refractivity contribution in [3.8, 4) is 5.75 Å². The molecule has 17 heavy (non-hydrogen) atoms. The minimum absolute atomic E-state index is 0.291. The van der Waals surface area contributed by atoms with Crippen molar-refractivity contribution in [1.29, 1.82) is 0 Å². The third-order valence-corrected chi connectivity index (χ3v) is 3.14. The molecule has 1 aromatic carbocycles. The maximum Gasteiger partial charge on any atom is 0.121 e. The van der Waals surface area contributed by atoms with Crippen LogP contribution in [-0.4, -0.2) is 32.1 Å². The zero-order chi connectivity index (χ0) is 12.8. The highest BCUT2D eigenvalue weighted by molar-refractivity contribution is 5.37. The third kappa shape index (κ3) is 3.45. The van der Waals surface area contributed by atoms with Gasteiger partial charge in [0, 0.05) is 12.6 Å². The Balaban J connectivity index is 2.92. The Morgan fingerprint density at radius 2 is 2.12 bits per heavy atom. The molecule has 0 aliphatic heterocycles. The highest BCUT2D eigenvalue weighted by atomic mass is 16.5. The van der Waals surface area contributed by atoms with E-state index in [4.69, 9.17) is 10.5 Å². The molecule has 0 aliphatic rings. The van der Waals surface area contributed by atoms with Gasteiger partial charge in [-0.3, -0.25) is 4.90 Å². The number of hydrogen-bond donors (Lipinski definition) is 1. The van der Waals surface area contributed by atoms with Crippen molar-refractivity contribution in [3.63, 3.8) is 0 Å². The molecule has 0 aromatic heterocycles. The van der Waals surface area contributed by atoms with E-state index in [1.165, 1.54) is 5.56 Å². The predicted octanol–water partition coefficient (Wildman–Crippen LogP) is 2.35. The summed E-state index contributed by atoms with van der Waals surface area (Å²) in [4.78, 5) is 2.31. The third-order valence-electron chi connectivity index (χ3n) is 3.14. The number of hydrogen-bond acceptors (Lipinski definition) is 3. The molecular formula is C14H24N2O. The van der Waals surface area contributed by atoms with Crippen LogP contribution in [0.15, 0.2) is 18.2 Å². The van der Waals surface area contributed by atoms with Crippen LogP contribution in [0.1, 0.15) is 30.5 Å². The van der Waals surface area contributed by atoms with Gasteiger partial charge in [-0.15, -0.1) is 0 Å². The molecule has 0 radical (unpaired) electrons. The number of likely N-dealkylation sites (N-methyl/N-ethyl adjacent to an activating group) is 1. The first kappa shape index (κ1) is 14.0. The van der Waals surface area contributed by atoms with E-state index in [9.17, 15) is 0 Å². The number of methoxy groups -OCH3 is 1. The van der Waals surface area contributed by atoms with E-state index in [1.54, 1.807) is 7.11 Å². The Bertz CT molecular complexity index is 352. The summed E-state index contributed by atoms with van der Waals surface area (Å²) in [5.74, 6) is 0.933. The van der Waals surface area contributed by atoms with Gasteiger partial charge in [0.1, 0.15) is 5.75 Å². The zero-order valence-corrected chi connectivity index (χ0v) is 11.4. The molecule has 0 amide bonds. The van der Waals surface area contributed by atoms with E-state index in [2.05, 4.69) is 37.9 Å². The molecule has 0 heterocycles. The Labute approximate surface area is 105 Å². The highest BCUT2D eigenvalue weighted by Crippen LogP contribution is 2.24. The van der Waals surface area contributed by atoms with E-state index >= 15 is 0 Å². The van der Waals surface area contributed by atoms with Crippen LogP contribution in [0.3, 0.4) is 0 Å². The van der Waals surface area contributed by atoms with Crippen molar-refractivity contribution >= 4 is 0 Å².